The Balaban J connectivity index is 1.32. The molecule has 3 aliphatic heterocycles. The maximum absolute atomic E-state index is 13.6. The fourth-order valence-corrected chi connectivity index (χ4v) is 10.5. The van der Waals surface area contributed by atoms with E-state index in [9.17, 15) is 18.3 Å². The van der Waals surface area contributed by atoms with E-state index < -0.39 is 26.6 Å². The zero-order chi connectivity index (χ0) is 34.4. The van der Waals surface area contributed by atoms with Crippen molar-refractivity contribution < 1.29 is 27.8 Å². The number of sulfonamides is 1. The van der Waals surface area contributed by atoms with Gasteiger partial charge in [-0.05, 0) is 105 Å². The van der Waals surface area contributed by atoms with Crippen molar-refractivity contribution in [2.24, 2.45) is 23.2 Å². The van der Waals surface area contributed by atoms with Crippen LogP contribution >= 0.6 is 11.6 Å². The number of carbonyl (C=O) groups excluding carboxylic acids is 1. The second-order valence-electron chi connectivity index (χ2n) is 15.3. The summed E-state index contributed by atoms with van der Waals surface area (Å²) in [5.41, 5.74) is 2.85. The van der Waals surface area contributed by atoms with Gasteiger partial charge in [-0.1, -0.05) is 36.7 Å². The first kappa shape index (κ1) is 34.8. The predicted molar refractivity (Wildman–Crippen MR) is 192 cm³/mol. The maximum atomic E-state index is 13.6. The predicted octanol–water partition coefficient (Wildman–Crippen LogP) is 5.19. The molecule has 5 aliphatic rings. The summed E-state index contributed by atoms with van der Waals surface area (Å²) in [6.07, 6.45) is 9.79. The van der Waals surface area contributed by atoms with E-state index in [0.717, 1.165) is 69.0 Å². The molecule has 9 nitrogen and oxygen atoms in total. The number of anilines is 1. The number of fused-ring (bicyclic) bond motifs is 4. The summed E-state index contributed by atoms with van der Waals surface area (Å²) in [5.74, 6) is 0.349. The summed E-state index contributed by atoms with van der Waals surface area (Å²) >= 11 is 6.47. The number of nitrogens with one attached hydrogen (secondary N) is 1. The lowest BCUT2D eigenvalue weighted by Crippen LogP contribution is -2.55. The van der Waals surface area contributed by atoms with Gasteiger partial charge in [-0.2, -0.15) is 0 Å². The standard InChI is InChI=1S/C38H50ClN3O6S/c1-26-5-3-13-37(24-43,22-41-15-17-47-18-16-41)33-10-7-30(33)21-42-23-38(14-4-6-28-19-31(39)9-11-32(28)38)25-48-35-12-8-29(20-34(35)42)36(44)40-49(45,46)27(26)2/h3,8-9,11-13,19-20,26-27,30,33,43H,4-7,10,14-18,21-25H2,1-2H3,(H,40,44)/b13-3+/t26-,27+,30-,33+,37+,38-/m0/s1. The smallest absolute Gasteiger partial charge is 0.264 e. The number of aliphatic hydroxyl groups is 1. The van der Waals surface area contributed by atoms with Crippen LogP contribution in [0.3, 0.4) is 0 Å². The van der Waals surface area contributed by atoms with E-state index in [2.05, 4.69) is 38.8 Å². The molecule has 266 valence electrons. The van der Waals surface area contributed by atoms with E-state index in [1.165, 1.54) is 11.1 Å². The maximum Gasteiger partial charge on any atom is 0.264 e. The summed E-state index contributed by atoms with van der Waals surface area (Å²) in [6.45, 7) is 9.24. The van der Waals surface area contributed by atoms with Crippen LogP contribution in [0.2, 0.25) is 5.02 Å². The molecule has 11 heteroatoms. The minimum Gasteiger partial charge on any atom is -0.490 e. The fraction of sp³-hybridized carbons (Fsp3) is 0.605. The minimum atomic E-state index is -3.96. The third-order valence-corrected chi connectivity index (χ3v) is 14.5. The summed E-state index contributed by atoms with van der Waals surface area (Å²) in [5, 5.41) is 11.2. The molecule has 2 aliphatic carbocycles. The molecule has 3 heterocycles. The van der Waals surface area contributed by atoms with Crippen molar-refractivity contribution in [2.45, 2.75) is 63.0 Å². The van der Waals surface area contributed by atoms with E-state index in [0.29, 0.717) is 44.5 Å². The number of morpholine rings is 1. The number of nitrogens with zero attached hydrogens (tertiary/aromatic N) is 2. The van der Waals surface area contributed by atoms with Crippen LogP contribution in [-0.2, 0) is 26.6 Å². The van der Waals surface area contributed by atoms with Gasteiger partial charge in [-0.3, -0.25) is 9.69 Å². The molecule has 1 amide bonds. The molecule has 1 spiro atoms. The molecule has 2 N–H and O–H groups in total. The van der Waals surface area contributed by atoms with E-state index in [1.807, 2.05) is 25.1 Å². The Hall–Kier alpha value is -2.63. The Morgan fingerprint density at radius 3 is 2.67 bits per heavy atom. The van der Waals surface area contributed by atoms with E-state index in [4.69, 9.17) is 21.1 Å². The highest BCUT2D eigenvalue weighted by Crippen LogP contribution is 2.51. The zero-order valence-electron chi connectivity index (χ0n) is 28.7. The van der Waals surface area contributed by atoms with E-state index in [1.54, 1.807) is 13.0 Å². The second-order valence-corrected chi connectivity index (χ2v) is 17.8. The van der Waals surface area contributed by atoms with Crippen molar-refractivity contribution in [1.82, 2.24) is 9.62 Å². The van der Waals surface area contributed by atoms with Crippen LogP contribution in [0.25, 0.3) is 0 Å². The van der Waals surface area contributed by atoms with Crippen LogP contribution in [0.4, 0.5) is 5.69 Å². The number of aliphatic hydroxyl groups excluding tert-OH is 1. The summed E-state index contributed by atoms with van der Waals surface area (Å²) in [4.78, 5) is 18.4. The highest BCUT2D eigenvalue weighted by Gasteiger charge is 2.49. The fourth-order valence-electron chi connectivity index (χ4n) is 9.07. The first-order valence-corrected chi connectivity index (χ1v) is 19.9. The SMILES string of the molecule is C[C@@H]1[C@@H](C)C/C=C/[C@](CO)(CN2CCOCC2)[C@@H]2CC[C@H]2CN2C[C@@]3(CCCc4cc(Cl)ccc43)COc3ccc(cc32)C(=O)NS1(=O)=O. The summed E-state index contributed by atoms with van der Waals surface area (Å²) in [6, 6.07) is 11.5. The third kappa shape index (κ3) is 6.76. The van der Waals surface area contributed by atoms with Gasteiger partial charge in [0.25, 0.3) is 5.91 Å². The number of hydrogen-bond donors (Lipinski definition) is 2. The van der Waals surface area contributed by atoms with Crippen molar-refractivity contribution >= 4 is 33.2 Å². The van der Waals surface area contributed by atoms with Gasteiger partial charge in [0.1, 0.15) is 5.75 Å². The molecular weight excluding hydrogens is 662 g/mol. The number of hydrogen-bond acceptors (Lipinski definition) is 8. The Labute approximate surface area is 296 Å². The molecule has 2 fully saturated rings. The van der Waals surface area contributed by atoms with Crippen LogP contribution in [0, 0.1) is 23.2 Å². The van der Waals surface area contributed by atoms with Crippen molar-refractivity contribution in [1.29, 1.82) is 0 Å². The second kappa shape index (κ2) is 13.8. The molecule has 49 heavy (non-hydrogen) atoms. The van der Waals surface area contributed by atoms with Crippen molar-refractivity contribution in [3.63, 3.8) is 0 Å². The molecule has 2 aromatic carbocycles. The largest absolute Gasteiger partial charge is 0.490 e. The van der Waals surface area contributed by atoms with Crippen molar-refractivity contribution in [3.8, 4) is 5.75 Å². The average Bonchev–Trinajstić information content (AvgIpc) is 3.22. The number of ether oxygens (including phenoxy) is 2. The lowest BCUT2D eigenvalue weighted by Gasteiger charge is -2.52. The Bertz CT molecular complexity index is 1700. The Morgan fingerprint density at radius 2 is 1.92 bits per heavy atom. The summed E-state index contributed by atoms with van der Waals surface area (Å²) < 4.78 is 41.7. The first-order chi connectivity index (χ1) is 23.5. The monoisotopic (exact) mass is 711 g/mol. The number of halogens is 1. The highest BCUT2D eigenvalue weighted by molar-refractivity contribution is 7.90. The number of rotatable bonds is 3. The number of allylic oxidation sites excluding steroid dienone is 1. The molecule has 6 atom stereocenters. The van der Waals surface area contributed by atoms with Gasteiger partial charge in [0.05, 0.1) is 37.4 Å². The zero-order valence-corrected chi connectivity index (χ0v) is 30.3. The molecular formula is C38H50ClN3O6S. The highest BCUT2D eigenvalue weighted by atomic mass is 35.5. The minimum absolute atomic E-state index is 0.0161. The van der Waals surface area contributed by atoms with Gasteiger partial charge < -0.3 is 19.5 Å². The molecule has 2 bridgehead atoms. The van der Waals surface area contributed by atoms with E-state index >= 15 is 0 Å². The number of aryl methyl sites for hydroxylation is 1. The number of benzene rings is 2. The quantitative estimate of drug-likeness (QED) is 0.419. The Morgan fingerprint density at radius 1 is 1.10 bits per heavy atom. The first-order valence-electron chi connectivity index (χ1n) is 18.0. The summed E-state index contributed by atoms with van der Waals surface area (Å²) in [7, 11) is -3.96. The lowest BCUT2D eigenvalue weighted by molar-refractivity contribution is -0.0378. The molecule has 0 radical (unpaired) electrons. The van der Waals surface area contributed by atoms with Crippen LogP contribution < -0.4 is 14.4 Å². The Kier molecular flexibility index (Phi) is 9.82. The van der Waals surface area contributed by atoms with E-state index in [-0.39, 0.29) is 29.4 Å². The molecule has 1 saturated carbocycles. The molecule has 0 unspecified atom stereocenters. The third-order valence-electron chi connectivity index (χ3n) is 12.3. The van der Waals surface area contributed by atoms with Crippen molar-refractivity contribution in [3.05, 3.63) is 70.3 Å². The molecule has 2 aromatic rings. The van der Waals surface area contributed by atoms with Gasteiger partial charge >= 0.3 is 0 Å². The van der Waals surface area contributed by atoms with Crippen LogP contribution in [-0.4, -0.2) is 88.7 Å². The topological polar surface area (TPSA) is 108 Å². The van der Waals surface area contributed by atoms with Gasteiger partial charge in [0.15, 0.2) is 0 Å². The molecule has 7 rings (SSSR count). The average molecular weight is 712 g/mol. The van der Waals surface area contributed by atoms with Gasteiger partial charge in [-0.15, -0.1) is 0 Å². The number of carbonyl (C=O) groups is 1. The van der Waals surface area contributed by atoms with Crippen LogP contribution in [0.1, 0.15) is 67.4 Å². The van der Waals surface area contributed by atoms with Crippen LogP contribution in [0.5, 0.6) is 5.75 Å². The normalized spacial score (nSPS) is 34.0. The van der Waals surface area contributed by atoms with Gasteiger partial charge in [0.2, 0.25) is 10.0 Å². The number of amides is 1. The molecule has 0 aromatic heterocycles. The van der Waals surface area contributed by atoms with Gasteiger partial charge in [-0.25, -0.2) is 13.1 Å². The molecule has 1 saturated heterocycles. The lowest BCUT2D eigenvalue weighted by atomic mass is 9.58. The van der Waals surface area contributed by atoms with Gasteiger partial charge in [0, 0.05) is 54.1 Å². The van der Waals surface area contributed by atoms with Crippen molar-refractivity contribution in [2.75, 3.05) is 64.1 Å². The van der Waals surface area contributed by atoms with Crippen LogP contribution in [0.15, 0.2) is 48.6 Å².